The van der Waals surface area contributed by atoms with Crippen molar-refractivity contribution >= 4 is 11.4 Å². The highest BCUT2D eigenvalue weighted by Gasteiger charge is 2.41. The van der Waals surface area contributed by atoms with Gasteiger partial charge in [0.2, 0.25) is 6.23 Å². The number of hydrogen-bond acceptors (Lipinski definition) is 7. The smallest absolute Gasteiger partial charge is 0.269 e. The van der Waals surface area contributed by atoms with Gasteiger partial charge in [0.25, 0.3) is 5.69 Å². The zero-order valence-corrected chi connectivity index (χ0v) is 17.6. The molecule has 162 valence electrons. The van der Waals surface area contributed by atoms with E-state index in [2.05, 4.69) is 0 Å². The lowest BCUT2D eigenvalue weighted by atomic mass is 9.95. The van der Waals surface area contributed by atoms with E-state index in [-0.39, 0.29) is 11.7 Å². The fourth-order valence-corrected chi connectivity index (χ4v) is 4.21. The molecule has 0 radical (unpaired) electrons. The van der Waals surface area contributed by atoms with Gasteiger partial charge in [0.1, 0.15) is 5.75 Å². The molecule has 8 heteroatoms. The molecule has 0 bridgehead atoms. The fourth-order valence-electron chi connectivity index (χ4n) is 4.21. The van der Waals surface area contributed by atoms with Crippen LogP contribution in [0.1, 0.15) is 35.4 Å². The van der Waals surface area contributed by atoms with Crippen molar-refractivity contribution in [1.29, 1.82) is 0 Å². The van der Waals surface area contributed by atoms with E-state index < -0.39 is 11.2 Å². The Balaban J connectivity index is 1.55. The molecule has 0 aromatic heterocycles. The van der Waals surface area contributed by atoms with Gasteiger partial charge in [0.05, 0.1) is 30.9 Å². The Labute approximate surface area is 184 Å². The Morgan fingerprint density at radius 2 is 1.78 bits per heavy atom. The molecule has 0 fully saturated rings. The van der Waals surface area contributed by atoms with Gasteiger partial charge >= 0.3 is 0 Å². The molecule has 0 spiro atoms. The first kappa shape index (κ1) is 19.9. The third-order valence-corrected chi connectivity index (χ3v) is 5.80. The predicted molar refractivity (Wildman–Crippen MR) is 118 cm³/mol. The quantitative estimate of drug-likeness (QED) is 0.424. The maximum atomic E-state index is 11.1. The summed E-state index contributed by atoms with van der Waals surface area (Å²) in [5.41, 5.74) is 3.75. The van der Waals surface area contributed by atoms with Crippen molar-refractivity contribution < 1.29 is 19.1 Å². The minimum Gasteiger partial charge on any atom is -0.493 e. The summed E-state index contributed by atoms with van der Waals surface area (Å²) in [5, 5.41) is 17.9. The molecule has 0 aliphatic carbocycles. The molecule has 2 atom stereocenters. The summed E-state index contributed by atoms with van der Waals surface area (Å²) in [6, 6.07) is 20.1. The number of fused-ring (bicyclic) bond motifs is 3. The third-order valence-electron chi connectivity index (χ3n) is 5.80. The van der Waals surface area contributed by atoms with Gasteiger partial charge in [-0.15, -0.1) is 0 Å². The van der Waals surface area contributed by atoms with E-state index in [1.807, 2.05) is 47.5 Å². The molecule has 3 aromatic carbocycles. The molecule has 0 N–H and O–H groups in total. The summed E-state index contributed by atoms with van der Waals surface area (Å²) in [5.74, 6) is 2.09. The van der Waals surface area contributed by atoms with E-state index in [1.165, 1.54) is 12.1 Å². The molecule has 8 nitrogen and oxygen atoms in total. The van der Waals surface area contributed by atoms with E-state index in [9.17, 15) is 10.1 Å². The van der Waals surface area contributed by atoms with Crippen molar-refractivity contribution in [2.75, 3.05) is 14.2 Å². The van der Waals surface area contributed by atoms with E-state index in [0.29, 0.717) is 17.9 Å². The lowest BCUT2D eigenvalue weighted by Gasteiger charge is -2.38. The highest BCUT2D eigenvalue weighted by molar-refractivity contribution is 6.02. The number of nitrogens with zero attached hydrogens (tertiary/aromatic N) is 3. The third kappa shape index (κ3) is 3.30. The van der Waals surface area contributed by atoms with Crippen molar-refractivity contribution in [3.63, 3.8) is 0 Å². The highest BCUT2D eigenvalue weighted by Crippen LogP contribution is 2.47. The van der Waals surface area contributed by atoms with Crippen LogP contribution in [0.5, 0.6) is 17.2 Å². The number of nitro groups is 1. The van der Waals surface area contributed by atoms with Crippen LogP contribution in [0.2, 0.25) is 0 Å². The van der Waals surface area contributed by atoms with Gasteiger partial charge in [0.15, 0.2) is 11.5 Å². The van der Waals surface area contributed by atoms with Gasteiger partial charge in [-0.3, -0.25) is 10.1 Å². The van der Waals surface area contributed by atoms with Gasteiger partial charge in [-0.1, -0.05) is 18.2 Å². The number of hydrazone groups is 1. The zero-order valence-electron chi connectivity index (χ0n) is 17.6. The second-order valence-electron chi connectivity index (χ2n) is 7.57. The predicted octanol–water partition coefficient (Wildman–Crippen LogP) is 4.85. The second kappa shape index (κ2) is 7.88. The molecule has 0 saturated carbocycles. The number of methoxy groups -OCH3 is 2. The molecule has 0 unspecified atom stereocenters. The molecular weight excluding hydrogens is 410 g/mol. The Morgan fingerprint density at radius 1 is 1.03 bits per heavy atom. The van der Waals surface area contributed by atoms with Crippen LogP contribution in [0.4, 0.5) is 5.69 Å². The monoisotopic (exact) mass is 431 g/mol. The van der Waals surface area contributed by atoms with Crippen molar-refractivity contribution in [3.8, 4) is 17.2 Å². The molecule has 2 heterocycles. The topological polar surface area (TPSA) is 86.4 Å². The minimum atomic E-state index is -0.492. The molecule has 3 aromatic rings. The van der Waals surface area contributed by atoms with Crippen LogP contribution in [-0.4, -0.2) is 29.9 Å². The van der Waals surface area contributed by atoms with Gasteiger partial charge in [-0.25, -0.2) is 5.01 Å². The second-order valence-corrected chi connectivity index (χ2v) is 7.57. The Kier molecular flexibility index (Phi) is 4.89. The average Bonchev–Trinajstić information content (AvgIpc) is 3.29. The van der Waals surface area contributed by atoms with Crippen LogP contribution in [-0.2, 0) is 0 Å². The maximum absolute atomic E-state index is 11.1. The van der Waals surface area contributed by atoms with Gasteiger partial charge < -0.3 is 14.2 Å². The number of rotatable bonds is 5. The SMILES string of the molecule is COc1ccc(C2=NN3[C@H](C2)c2ccccc2O[C@H]3c2ccc([N+](=O)[O-])cc2)cc1OC. The molecule has 2 aliphatic rings. The summed E-state index contributed by atoms with van der Waals surface area (Å²) in [6.45, 7) is 0. The van der Waals surface area contributed by atoms with E-state index in [1.54, 1.807) is 26.4 Å². The summed E-state index contributed by atoms with van der Waals surface area (Å²) in [4.78, 5) is 10.6. The standard InChI is InChI=1S/C24H21N3O5/c1-30-22-12-9-16(13-23(22)31-2)19-14-20-18-5-3-4-6-21(18)32-24(26(20)25-19)15-7-10-17(11-8-15)27(28)29/h3-13,20,24H,14H2,1-2H3/t20-,24+/m1/s1. The first-order valence-electron chi connectivity index (χ1n) is 10.2. The number of ether oxygens (including phenoxy) is 3. The number of hydrogen-bond donors (Lipinski definition) is 0. The van der Waals surface area contributed by atoms with Gasteiger partial charge in [0, 0.05) is 35.2 Å². The summed E-state index contributed by atoms with van der Waals surface area (Å²) < 4.78 is 17.1. The summed E-state index contributed by atoms with van der Waals surface area (Å²) in [7, 11) is 3.21. The molecule has 0 amide bonds. The number of nitro benzene ring substituents is 1. The molecule has 32 heavy (non-hydrogen) atoms. The van der Waals surface area contributed by atoms with Crippen LogP contribution in [0.15, 0.2) is 71.8 Å². The van der Waals surface area contributed by atoms with Crippen molar-refractivity contribution in [1.82, 2.24) is 5.01 Å². The zero-order chi connectivity index (χ0) is 22.2. The van der Waals surface area contributed by atoms with Crippen molar-refractivity contribution in [2.45, 2.75) is 18.7 Å². The summed E-state index contributed by atoms with van der Waals surface area (Å²) >= 11 is 0. The van der Waals surface area contributed by atoms with E-state index >= 15 is 0 Å². The van der Waals surface area contributed by atoms with Crippen LogP contribution in [0, 0.1) is 10.1 Å². The molecular formula is C24H21N3O5. The Bertz CT molecular complexity index is 1210. The van der Waals surface area contributed by atoms with Crippen LogP contribution in [0.3, 0.4) is 0 Å². The fraction of sp³-hybridized carbons (Fsp3) is 0.208. The lowest BCUT2D eigenvalue weighted by Crippen LogP contribution is -2.33. The van der Waals surface area contributed by atoms with Crippen LogP contribution < -0.4 is 14.2 Å². The molecule has 5 rings (SSSR count). The van der Waals surface area contributed by atoms with Gasteiger partial charge in [-0.05, 0) is 36.4 Å². The van der Waals surface area contributed by atoms with E-state index in [4.69, 9.17) is 19.3 Å². The lowest BCUT2D eigenvalue weighted by molar-refractivity contribution is -0.384. The number of non-ortho nitro benzene ring substituents is 1. The first-order chi connectivity index (χ1) is 15.6. The van der Waals surface area contributed by atoms with Crippen LogP contribution in [0.25, 0.3) is 0 Å². The minimum absolute atomic E-state index is 0.0109. The summed E-state index contributed by atoms with van der Waals surface area (Å²) in [6.07, 6.45) is 0.202. The highest BCUT2D eigenvalue weighted by atomic mass is 16.6. The van der Waals surface area contributed by atoms with Crippen LogP contribution >= 0.6 is 0 Å². The number of benzene rings is 3. The Morgan fingerprint density at radius 3 is 2.50 bits per heavy atom. The normalized spacial score (nSPS) is 18.8. The van der Waals surface area contributed by atoms with E-state index in [0.717, 1.165) is 28.2 Å². The van der Waals surface area contributed by atoms with Crippen molar-refractivity contribution in [2.24, 2.45) is 5.10 Å². The maximum Gasteiger partial charge on any atom is 0.269 e. The first-order valence-corrected chi connectivity index (χ1v) is 10.2. The van der Waals surface area contributed by atoms with Gasteiger partial charge in [-0.2, -0.15) is 5.10 Å². The van der Waals surface area contributed by atoms with Crippen molar-refractivity contribution in [3.05, 3.63) is 93.5 Å². The average molecular weight is 431 g/mol. The number of para-hydroxylation sites is 1. The molecule has 0 saturated heterocycles. The largest absolute Gasteiger partial charge is 0.493 e. The Hall–Kier alpha value is -4.07. The molecule has 2 aliphatic heterocycles.